The standard InChI is InChI=1S/C20H25N3O5S/c1-13(19(25)23-20(26)21-14-7-3-2-4-8-14)28-18(24)12-27-11-17-22-15-9-5-6-10-16(15)29-17/h5-6,9-10,13-14H,2-4,7-8,11-12H2,1H3,(H2,21,23,25,26)/t13-/m1/s1. The highest BCUT2D eigenvalue weighted by molar-refractivity contribution is 7.18. The van der Waals surface area contributed by atoms with E-state index in [0.717, 1.165) is 40.9 Å². The lowest BCUT2D eigenvalue weighted by Crippen LogP contribution is -2.48. The number of hydrogen-bond donors (Lipinski definition) is 2. The Morgan fingerprint density at radius 3 is 2.72 bits per heavy atom. The van der Waals surface area contributed by atoms with Crippen LogP contribution < -0.4 is 10.6 Å². The molecule has 8 nitrogen and oxygen atoms in total. The molecule has 0 spiro atoms. The third-order valence-corrected chi connectivity index (χ3v) is 5.65. The van der Waals surface area contributed by atoms with Crippen molar-refractivity contribution in [1.82, 2.24) is 15.6 Å². The summed E-state index contributed by atoms with van der Waals surface area (Å²) in [6.45, 7) is 1.29. The molecule has 9 heteroatoms. The number of nitrogens with zero attached hydrogens (tertiary/aromatic N) is 1. The zero-order chi connectivity index (χ0) is 20.6. The van der Waals surface area contributed by atoms with Crippen LogP contribution in [-0.4, -0.2) is 41.6 Å². The quantitative estimate of drug-likeness (QED) is 0.669. The van der Waals surface area contributed by atoms with Gasteiger partial charge in [-0.15, -0.1) is 11.3 Å². The first-order valence-corrected chi connectivity index (χ1v) is 10.6. The molecule has 1 saturated carbocycles. The molecular formula is C20H25N3O5S. The molecule has 1 aromatic heterocycles. The summed E-state index contributed by atoms with van der Waals surface area (Å²) in [5, 5.41) is 5.75. The first-order chi connectivity index (χ1) is 14.0. The van der Waals surface area contributed by atoms with E-state index in [1.807, 2.05) is 24.3 Å². The maximum atomic E-state index is 12.0. The molecule has 156 valence electrons. The Balaban J connectivity index is 1.35. The second-order valence-corrected chi connectivity index (χ2v) is 8.11. The van der Waals surface area contributed by atoms with Gasteiger partial charge in [-0.2, -0.15) is 0 Å². The lowest BCUT2D eigenvalue weighted by Gasteiger charge is -2.23. The molecule has 1 heterocycles. The number of nitrogens with one attached hydrogen (secondary N) is 2. The lowest BCUT2D eigenvalue weighted by molar-refractivity contribution is -0.159. The Morgan fingerprint density at radius 1 is 1.21 bits per heavy atom. The summed E-state index contributed by atoms with van der Waals surface area (Å²) in [4.78, 5) is 40.2. The summed E-state index contributed by atoms with van der Waals surface area (Å²) in [5.41, 5.74) is 0.885. The van der Waals surface area contributed by atoms with Crippen LogP contribution in [0, 0.1) is 0 Å². The number of carbonyl (C=O) groups is 3. The smallest absolute Gasteiger partial charge is 0.332 e. The van der Waals surface area contributed by atoms with Crippen molar-refractivity contribution >= 4 is 39.5 Å². The van der Waals surface area contributed by atoms with Gasteiger partial charge in [0.25, 0.3) is 5.91 Å². The van der Waals surface area contributed by atoms with Gasteiger partial charge in [0.05, 0.1) is 16.8 Å². The van der Waals surface area contributed by atoms with Crippen molar-refractivity contribution in [3.8, 4) is 0 Å². The van der Waals surface area contributed by atoms with E-state index in [1.54, 1.807) is 0 Å². The number of benzene rings is 1. The molecule has 2 N–H and O–H groups in total. The number of para-hydroxylation sites is 1. The van der Waals surface area contributed by atoms with Gasteiger partial charge in [0.1, 0.15) is 11.6 Å². The van der Waals surface area contributed by atoms with Gasteiger partial charge in [-0.1, -0.05) is 31.4 Å². The van der Waals surface area contributed by atoms with Gasteiger partial charge in [-0.25, -0.2) is 14.6 Å². The van der Waals surface area contributed by atoms with Crippen molar-refractivity contribution in [2.24, 2.45) is 0 Å². The van der Waals surface area contributed by atoms with Crippen LogP contribution >= 0.6 is 11.3 Å². The van der Waals surface area contributed by atoms with E-state index >= 15 is 0 Å². The van der Waals surface area contributed by atoms with E-state index in [0.29, 0.717) is 0 Å². The monoisotopic (exact) mass is 419 g/mol. The van der Waals surface area contributed by atoms with Crippen molar-refractivity contribution in [1.29, 1.82) is 0 Å². The van der Waals surface area contributed by atoms with Crippen LogP contribution in [0.5, 0.6) is 0 Å². The Bertz CT molecular complexity index is 830. The minimum absolute atomic E-state index is 0.0883. The predicted molar refractivity (Wildman–Crippen MR) is 108 cm³/mol. The van der Waals surface area contributed by atoms with E-state index in [-0.39, 0.29) is 19.3 Å². The summed E-state index contributed by atoms with van der Waals surface area (Å²) >= 11 is 1.49. The van der Waals surface area contributed by atoms with Gasteiger partial charge < -0.3 is 14.8 Å². The van der Waals surface area contributed by atoms with Crippen molar-refractivity contribution in [2.45, 2.75) is 57.8 Å². The highest BCUT2D eigenvalue weighted by Crippen LogP contribution is 2.22. The summed E-state index contributed by atoms with van der Waals surface area (Å²) in [7, 11) is 0. The Kier molecular flexibility index (Phi) is 7.54. The average molecular weight is 420 g/mol. The van der Waals surface area contributed by atoms with Crippen LogP contribution in [0.2, 0.25) is 0 Å². The fourth-order valence-corrected chi connectivity index (χ4v) is 4.07. The molecular weight excluding hydrogens is 394 g/mol. The largest absolute Gasteiger partial charge is 0.451 e. The zero-order valence-corrected chi connectivity index (χ0v) is 17.1. The Labute approximate surface area is 173 Å². The lowest BCUT2D eigenvalue weighted by atomic mass is 9.96. The number of thiazole rings is 1. The summed E-state index contributed by atoms with van der Waals surface area (Å²) < 4.78 is 11.4. The van der Waals surface area contributed by atoms with Crippen LogP contribution in [-0.2, 0) is 25.7 Å². The Hall–Kier alpha value is -2.52. The fraction of sp³-hybridized carbons (Fsp3) is 0.500. The number of amides is 3. The SMILES string of the molecule is C[C@@H](OC(=O)COCc1nc2ccccc2s1)C(=O)NC(=O)NC1CCCCC1. The molecule has 1 aliphatic carbocycles. The first-order valence-electron chi connectivity index (χ1n) is 9.74. The molecule has 0 saturated heterocycles. The molecule has 1 aromatic carbocycles. The van der Waals surface area contributed by atoms with E-state index in [4.69, 9.17) is 9.47 Å². The van der Waals surface area contributed by atoms with Crippen LogP contribution in [0.25, 0.3) is 10.2 Å². The highest BCUT2D eigenvalue weighted by Gasteiger charge is 2.22. The summed E-state index contributed by atoms with van der Waals surface area (Å²) in [6.07, 6.45) is 4.06. The van der Waals surface area contributed by atoms with Crippen LogP contribution in [0.15, 0.2) is 24.3 Å². The van der Waals surface area contributed by atoms with Crippen LogP contribution in [0.1, 0.15) is 44.0 Å². The number of esters is 1. The number of urea groups is 1. The molecule has 0 unspecified atom stereocenters. The fourth-order valence-electron chi connectivity index (χ4n) is 3.17. The minimum Gasteiger partial charge on any atom is -0.451 e. The molecule has 3 rings (SSSR count). The van der Waals surface area contributed by atoms with Gasteiger partial charge in [0, 0.05) is 6.04 Å². The van der Waals surface area contributed by atoms with Crippen molar-refractivity contribution in [3.05, 3.63) is 29.3 Å². The van der Waals surface area contributed by atoms with Gasteiger partial charge in [-0.3, -0.25) is 10.1 Å². The van der Waals surface area contributed by atoms with Crippen molar-refractivity contribution in [2.75, 3.05) is 6.61 Å². The molecule has 3 amide bonds. The Morgan fingerprint density at radius 2 is 1.97 bits per heavy atom. The molecule has 2 aromatic rings. The molecule has 1 fully saturated rings. The molecule has 0 radical (unpaired) electrons. The van der Waals surface area contributed by atoms with E-state index in [9.17, 15) is 14.4 Å². The van der Waals surface area contributed by atoms with Crippen LogP contribution in [0.4, 0.5) is 4.79 Å². The normalized spacial score (nSPS) is 15.6. The molecule has 1 atom stereocenters. The first kappa shape index (κ1) is 21.2. The third-order valence-electron chi connectivity index (χ3n) is 4.64. The van der Waals surface area contributed by atoms with Gasteiger partial charge >= 0.3 is 12.0 Å². The summed E-state index contributed by atoms with van der Waals surface area (Å²) in [5.74, 6) is -1.35. The molecule has 0 aliphatic heterocycles. The van der Waals surface area contributed by atoms with E-state index < -0.39 is 24.0 Å². The number of imide groups is 1. The highest BCUT2D eigenvalue weighted by atomic mass is 32.1. The van der Waals surface area contributed by atoms with E-state index in [2.05, 4.69) is 15.6 Å². The van der Waals surface area contributed by atoms with Gasteiger partial charge in [0.15, 0.2) is 6.10 Å². The molecule has 29 heavy (non-hydrogen) atoms. The predicted octanol–water partition coefficient (Wildman–Crippen LogP) is 2.90. The number of carbonyl (C=O) groups excluding carboxylic acids is 3. The second kappa shape index (κ2) is 10.3. The molecule has 0 bridgehead atoms. The maximum absolute atomic E-state index is 12.0. The third kappa shape index (κ3) is 6.50. The summed E-state index contributed by atoms with van der Waals surface area (Å²) in [6, 6.07) is 7.25. The average Bonchev–Trinajstić information content (AvgIpc) is 3.11. The number of rotatable bonds is 7. The number of aromatic nitrogens is 1. The van der Waals surface area contributed by atoms with Crippen molar-refractivity contribution in [3.63, 3.8) is 0 Å². The maximum Gasteiger partial charge on any atom is 0.332 e. The van der Waals surface area contributed by atoms with Crippen LogP contribution in [0.3, 0.4) is 0 Å². The van der Waals surface area contributed by atoms with Gasteiger partial charge in [0.2, 0.25) is 0 Å². The van der Waals surface area contributed by atoms with E-state index in [1.165, 1.54) is 24.7 Å². The molecule has 1 aliphatic rings. The minimum atomic E-state index is -1.09. The van der Waals surface area contributed by atoms with Gasteiger partial charge in [-0.05, 0) is 31.9 Å². The zero-order valence-electron chi connectivity index (χ0n) is 16.3. The number of hydrogen-bond acceptors (Lipinski definition) is 7. The van der Waals surface area contributed by atoms with Crippen molar-refractivity contribution < 1.29 is 23.9 Å². The second-order valence-electron chi connectivity index (χ2n) is 7.00. The number of ether oxygens (including phenoxy) is 2. The number of fused-ring (bicyclic) bond motifs is 1. The topological polar surface area (TPSA) is 107 Å².